The largest absolute Gasteiger partial charge is 0.480 e. The maximum absolute atomic E-state index is 11.2. The Kier molecular flexibility index (Phi) is 5.77. The SMILES string of the molecule is CCCCN(CC)C(C)(CC)C(=O)O. The second-order valence-corrected chi connectivity index (χ2v) is 3.87. The lowest BCUT2D eigenvalue weighted by atomic mass is 9.96. The minimum Gasteiger partial charge on any atom is -0.480 e. The van der Waals surface area contributed by atoms with Gasteiger partial charge in [-0.15, -0.1) is 0 Å². The molecule has 0 saturated carbocycles. The fourth-order valence-electron chi connectivity index (χ4n) is 1.61. The van der Waals surface area contributed by atoms with E-state index in [1.54, 1.807) is 0 Å². The van der Waals surface area contributed by atoms with Crippen molar-refractivity contribution in [2.75, 3.05) is 13.1 Å². The summed E-state index contributed by atoms with van der Waals surface area (Å²) in [5, 5.41) is 9.19. The van der Waals surface area contributed by atoms with Crippen molar-refractivity contribution in [2.24, 2.45) is 0 Å². The summed E-state index contributed by atoms with van der Waals surface area (Å²) in [4.78, 5) is 13.2. The predicted octanol–water partition coefficient (Wildman–Crippen LogP) is 2.36. The Morgan fingerprint density at radius 2 is 1.93 bits per heavy atom. The van der Waals surface area contributed by atoms with Gasteiger partial charge in [0.2, 0.25) is 0 Å². The smallest absolute Gasteiger partial charge is 0.323 e. The van der Waals surface area contributed by atoms with Gasteiger partial charge in [-0.05, 0) is 32.9 Å². The van der Waals surface area contributed by atoms with E-state index in [1.807, 2.05) is 20.8 Å². The Morgan fingerprint density at radius 1 is 1.36 bits per heavy atom. The molecular weight excluding hydrogens is 178 g/mol. The number of hydrogen-bond acceptors (Lipinski definition) is 2. The lowest BCUT2D eigenvalue weighted by molar-refractivity contribution is -0.150. The molecule has 0 aromatic carbocycles. The van der Waals surface area contributed by atoms with E-state index in [9.17, 15) is 9.90 Å². The lowest BCUT2D eigenvalue weighted by Crippen LogP contribution is -2.52. The summed E-state index contributed by atoms with van der Waals surface area (Å²) >= 11 is 0. The summed E-state index contributed by atoms with van der Waals surface area (Å²) in [5.74, 6) is -0.710. The van der Waals surface area contributed by atoms with Crippen LogP contribution in [0, 0.1) is 0 Å². The first-order valence-electron chi connectivity index (χ1n) is 5.51. The minimum atomic E-state index is -0.710. The molecule has 0 amide bonds. The second kappa shape index (κ2) is 6.02. The van der Waals surface area contributed by atoms with Crippen LogP contribution in [0.3, 0.4) is 0 Å². The molecule has 0 saturated heterocycles. The number of aliphatic carboxylic acids is 1. The molecule has 3 heteroatoms. The van der Waals surface area contributed by atoms with Crippen LogP contribution in [0.25, 0.3) is 0 Å². The Labute approximate surface area is 87.1 Å². The Morgan fingerprint density at radius 3 is 2.21 bits per heavy atom. The quantitative estimate of drug-likeness (QED) is 0.687. The van der Waals surface area contributed by atoms with Gasteiger partial charge < -0.3 is 5.11 Å². The fraction of sp³-hybridized carbons (Fsp3) is 0.909. The van der Waals surface area contributed by atoms with Gasteiger partial charge in [-0.3, -0.25) is 9.69 Å². The molecule has 0 aliphatic rings. The summed E-state index contributed by atoms with van der Waals surface area (Å²) in [7, 11) is 0. The number of hydrogen-bond donors (Lipinski definition) is 1. The first kappa shape index (κ1) is 13.4. The van der Waals surface area contributed by atoms with Crippen LogP contribution in [-0.4, -0.2) is 34.6 Å². The van der Waals surface area contributed by atoms with E-state index in [2.05, 4.69) is 11.8 Å². The number of likely N-dealkylation sites (N-methyl/N-ethyl adjacent to an activating group) is 1. The van der Waals surface area contributed by atoms with E-state index in [0.717, 1.165) is 25.9 Å². The van der Waals surface area contributed by atoms with Crippen molar-refractivity contribution >= 4 is 5.97 Å². The third-order valence-electron chi connectivity index (χ3n) is 3.01. The molecule has 84 valence electrons. The van der Waals surface area contributed by atoms with E-state index in [4.69, 9.17) is 0 Å². The maximum Gasteiger partial charge on any atom is 0.323 e. The van der Waals surface area contributed by atoms with Gasteiger partial charge in [0.05, 0.1) is 0 Å². The zero-order chi connectivity index (χ0) is 11.2. The first-order valence-corrected chi connectivity index (χ1v) is 5.51. The standard InChI is InChI=1S/C11H23NO2/c1-5-8-9-12(7-3)11(4,6-2)10(13)14/h5-9H2,1-4H3,(H,13,14). The van der Waals surface area contributed by atoms with Crippen LogP contribution in [0.2, 0.25) is 0 Å². The number of carboxylic acid groups (broad SMARTS) is 1. The molecule has 0 spiro atoms. The highest BCUT2D eigenvalue weighted by atomic mass is 16.4. The number of rotatable bonds is 7. The monoisotopic (exact) mass is 201 g/mol. The lowest BCUT2D eigenvalue weighted by Gasteiger charge is -2.36. The number of carbonyl (C=O) groups is 1. The normalized spacial score (nSPS) is 15.5. The van der Waals surface area contributed by atoms with Gasteiger partial charge in [0, 0.05) is 0 Å². The molecule has 0 aliphatic carbocycles. The van der Waals surface area contributed by atoms with Crippen LogP contribution in [0.15, 0.2) is 0 Å². The van der Waals surface area contributed by atoms with Gasteiger partial charge >= 0.3 is 5.97 Å². The van der Waals surface area contributed by atoms with Gasteiger partial charge in [-0.1, -0.05) is 27.2 Å². The zero-order valence-electron chi connectivity index (χ0n) is 9.84. The third-order valence-corrected chi connectivity index (χ3v) is 3.01. The summed E-state index contributed by atoms with van der Waals surface area (Å²) in [5.41, 5.74) is -0.691. The molecule has 0 bridgehead atoms. The molecule has 1 atom stereocenters. The summed E-state index contributed by atoms with van der Waals surface area (Å²) in [6.45, 7) is 9.57. The van der Waals surface area contributed by atoms with Crippen molar-refractivity contribution < 1.29 is 9.90 Å². The average molecular weight is 201 g/mol. The highest BCUT2D eigenvalue weighted by Gasteiger charge is 2.36. The molecule has 0 heterocycles. The molecule has 0 aliphatic heterocycles. The molecule has 0 rings (SSSR count). The third kappa shape index (κ3) is 2.98. The average Bonchev–Trinajstić information content (AvgIpc) is 2.18. The molecule has 0 aromatic heterocycles. The van der Waals surface area contributed by atoms with Crippen molar-refractivity contribution in [3.05, 3.63) is 0 Å². The summed E-state index contributed by atoms with van der Waals surface area (Å²) < 4.78 is 0. The van der Waals surface area contributed by atoms with Crippen molar-refractivity contribution in [2.45, 2.75) is 52.5 Å². The molecule has 0 radical (unpaired) electrons. The molecule has 14 heavy (non-hydrogen) atoms. The van der Waals surface area contributed by atoms with Crippen LogP contribution < -0.4 is 0 Å². The van der Waals surface area contributed by atoms with Gasteiger partial charge in [0.15, 0.2) is 0 Å². The molecule has 0 aromatic rings. The van der Waals surface area contributed by atoms with Gasteiger partial charge in [0.25, 0.3) is 0 Å². The van der Waals surface area contributed by atoms with E-state index >= 15 is 0 Å². The van der Waals surface area contributed by atoms with Gasteiger partial charge in [0.1, 0.15) is 5.54 Å². The fourth-order valence-corrected chi connectivity index (χ4v) is 1.61. The van der Waals surface area contributed by atoms with Crippen molar-refractivity contribution in [3.8, 4) is 0 Å². The van der Waals surface area contributed by atoms with E-state index in [-0.39, 0.29) is 0 Å². The highest BCUT2D eigenvalue weighted by molar-refractivity contribution is 5.78. The van der Waals surface area contributed by atoms with Crippen LogP contribution in [0.4, 0.5) is 0 Å². The summed E-state index contributed by atoms with van der Waals surface area (Å²) in [6, 6.07) is 0. The van der Waals surface area contributed by atoms with Crippen LogP contribution in [-0.2, 0) is 4.79 Å². The van der Waals surface area contributed by atoms with Crippen molar-refractivity contribution in [3.63, 3.8) is 0 Å². The van der Waals surface area contributed by atoms with Crippen LogP contribution in [0.1, 0.15) is 47.0 Å². The molecular formula is C11H23NO2. The van der Waals surface area contributed by atoms with Crippen LogP contribution >= 0.6 is 0 Å². The Hall–Kier alpha value is -0.570. The predicted molar refractivity (Wildman–Crippen MR) is 58.5 cm³/mol. The number of carboxylic acids is 1. The van der Waals surface area contributed by atoms with E-state index in [1.165, 1.54) is 0 Å². The van der Waals surface area contributed by atoms with Crippen molar-refractivity contribution in [1.82, 2.24) is 4.90 Å². The Balaban J connectivity index is 4.51. The second-order valence-electron chi connectivity index (χ2n) is 3.87. The topological polar surface area (TPSA) is 40.5 Å². The maximum atomic E-state index is 11.2. The molecule has 1 N–H and O–H groups in total. The number of nitrogens with zero attached hydrogens (tertiary/aromatic N) is 1. The highest BCUT2D eigenvalue weighted by Crippen LogP contribution is 2.20. The van der Waals surface area contributed by atoms with Gasteiger partial charge in [-0.2, -0.15) is 0 Å². The molecule has 1 unspecified atom stereocenters. The molecule has 3 nitrogen and oxygen atoms in total. The van der Waals surface area contributed by atoms with Crippen molar-refractivity contribution in [1.29, 1.82) is 0 Å². The minimum absolute atomic E-state index is 0.653. The number of unbranched alkanes of at least 4 members (excludes halogenated alkanes) is 1. The zero-order valence-corrected chi connectivity index (χ0v) is 9.84. The van der Waals surface area contributed by atoms with E-state index < -0.39 is 11.5 Å². The van der Waals surface area contributed by atoms with Crippen LogP contribution in [0.5, 0.6) is 0 Å². The molecule has 0 fully saturated rings. The van der Waals surface area contributed by atoms with E-state index in [0.29, 0.717) is 6.42 Å². The van der Waals surface area contributed by atoms with Gasteiger partial charge in [-0.25, -0.2) is 0 Å². The first-order chi connectivity index (χ1) is 6.52. The summed E-state index contributed by atoms with van der Waals surface area (Å²) in [6.07, 6.45) is 2.83. The Bertz CT molecular complexity index is 182.